The number of nitrogens with one attached hydrogen (secondary N) is 3. The highest BCUT2D eigenvalue weighted by Gasteiger charge is 2.29. The molecule has 26 heavy (non-hydrogen) atoms. The molecular formula is C20H22ClN3O2. The predicted octanol–water partition coefficient (Wildman–Crippen LogP) is 4.36. The Bertz CT molecular complexity index is 847. The Labute approximate surface area is 158 Å². The Kier molecular flexibility index (Phi) is 5.47. The number of rotatable bonds is 6. The fraction of sp³-hybridized carbons (Fsp3) is 0.300. The number of anilines is 3. The molecule has 6 heteroatoms. The summed E-state index contributed by atoms with van der Waals surface area (Å²) in [4.78, 5) is 24.3. The molecule has 0 unspecified atom stereocenters. The van der Waals surface area contributed by atoms with Gasteiger partial charge in [-0.2, -0.15) is 0 Å². The van der Waals surface area contributed by atoms with Crippen LogP contribution in [-0.2, 0) is 9.59 Å². The lowest BCUT2D eigenvalue weighted by atomic mass is 10.1. The summed E-state index contributed by atoms with van der Waals surface area (Å²) in [6.07, 6.45) is 1.91. The highest BCUT2D eigenvalue weighted by Crippen LogP contribution is 2.31. The Hall–Kier alpha value is -2.53. The topological polar surface area (TPSA) is 70.2 Å². The molecule has 1 aliphatic carbocycles. The minimum Gasteiger partial charge on any atom is -0.376 e. The van der Waals surface area contributed by atoms with Crippen LogP contribution < -0.4 is 16.0 Å². The molecule has 0 heterocycles. The first kappa shape index (κ1) is 18.3. The third-order valence-electron chi connectivity index (χ3n) is 4.45. The zero-order valence-electron chi connectivity index (χ0n) is 14.9. The van der Waals surface area contributed by atoms with Crippen molar-refractivity contribution in [2.75, 3.05) is 22.5 Å². The summed E-state index contributed by atoms with van der Waals surface area (Å²) >= 11 is 5.99. The van der Waals surface area contributed by atoms with Crippen LogP contribution in [0.15, 0.2) is 36.4 Å². The molecule has 2 aromatic rings. The van der Waals surface area contributed by atoms with Crippen LogP contribution in [0.2, 0.25) is 5.02 Å². The molecule has 0 aromatic heterocycles. The number of benzene rings is 2. The van der Waals surface area contributed by atoms with E-state index in [1.54, 1.807) is 6.07 Å². The van der Waals surface area contributed by atoms with Crippen LogP contribution >= 0.6 is 11.6 Å². The highest BCUT2D eigenvalue weighted by atomic mass is 35.5. The van der Waals surface area contributed by atoms with Crippen LogP contribution in [0.4, 0.5) is 17.1 Å². The van der Waals surface area contributed by atoms with Crippen molar-refractivity contribution in [1.82, 2.24) is 0 Å². The van der Waals surface area contributed by atoms with E-state index in [0.717, 1.165) is 35.3 Å². The Balaban J connectivity index is 1.61. The maximum atomic E-state index is 12.3. The lowest BCUT2D eigenvalue weighted by molar-refractivity contribution is -0.117. The first-order chi connectivity index (χ1) is 12.4. The zero-order chi connectivity index (χ0) is 18.7. The van der Waals surface area contributed by atoms with Crippen molar-refractivity contribution in [1.29, 1.82) is 0 Å². The van der Waals surface area contributed by atoms with Crippen LogP contribution in [0.3, 0.4) is 0 Å². The molecule has 3 rings (SSSR count). The molecule has 0 aliphatic heterocycles. The van der Waals surface area contributed by atoms with E-state index in [0.29, 0.717) is 10.7 Å². The summed E-state index contributed by atoms with van der Waals surface area (Å²) in [6, 6.07) is 11.0. The third-order valence-corrected chi connectivity index (χ3v) is 4.69. The second-order valence-corrected chi connectivity index (χ2v) is 7.04. The van der Waals surface area contributed by atoms with Crippen LogP contribution in [-0.4, -0.2) is 18.4 Å². The first-order valence-corrected chi connectivity index (χ1v) is 9.02. The van der Waals surface area contributed by atoms with Gasteiger partial charge in [0.25, 0.3) is 0 Å². The van der Waals surface area contributed by atoms with Crippen molar-refractivity contribution < 1.29 is 9.59 Å². The van der Waals surface area contributed by atoms with E-state index in [1.165, 1.54) is 0 Å². The van der Waals surface area contributed by atoms with Gasteiger partial charge in [-0.3, -0.25) is 9.59 Å². The standard InChI is InChI=1S/C20H22ClN3O2/c1-12-6-9-15(21)10-18(12)22-11-19(25)23-16-4-3-5-17(13(16)2)24-20(26)14-7-8-14/h3-6,9-10,14,22H,7-8,11H2,1-2H3,(H,23,25)(H,24,26). The number of carbonyl (C=O) groups is 2. The van der Waals surface area contributed by atoms with E-state index in [-0.39, 0.29) is 24.3 Å². The van der Waals surface area contributed by atoms with Gasteiger partial charge in [0.2, 0.25) is 11.8 Å². The molecular weight excluding hydrogens is 350 g/mol. The van der Waals surface area contributed by atoms with Crippen molar-refractivity contribution in [3.63, 3.8) is 0 Å². The van der Waals surface area contributed by atoms with Crippen LogP contribution in [0.25, 0.3) is 0 Å². The summed E-state index contributed by atoms with van der Waals surface area (Å²) in [5.74, 6) is 0.0191. The number of hydrogen-bond acceptors (Lipinski definition) is 3. The smallest absolute Gasteiger partial charge is 0.243 e. The van der Waals surface area contributed by atoms with Crippen molar-refractivity contribution in [2.24, 2.45) is 5.92 Å². The number of hydrogen-bond donors (Lipinski definition) is 3. The maximum Gasteiger partial charge on any atom is 0.243 e. The van der Waals surface area contributed by atoms with Crippen molar-refractivity contribution in [3.8, 4) is 0 Å². The zero-order valence-corrected chi connectivity index (χ0v) is 15.6. The third kappa shape index (κ3) is 4.55. The molecule has 0 bridgehead atoms. The van der Waals surface area contributed by atoms with Gasteiger partial charge in [0.05, 0.1) is 6.54 Å². The molecule has 1 fully saturated rings. The van der Waals surface area contributed by atoms with Gasteiger partial charge in [-0.25, -0.2) is 0 Å². The summed E-state index contributed by atoms with van der Waals surface area (Å²) in [7, 11) is 0. The number of amides is 2. The SMILES string of the molecule is Cc1ccc(Cl)cc1NCC(=O)Nc1cccc(NC(=O)C2CC2)c1C. The van der Waals surface area contributed by atoms with Gasteiger partial charge < -0.3 is 16.0 Å². The van der Waals surface area contributed by atoms with Gasteiger partial charge in [-0.15, -0.1) is 0 Å². The molecule has 3 N–H and O–H groups in total. The number of aryl methyl sites for hydroxylation is 1. The Morgan fingerprint density at radius 3 is 2.42 bits per heavy atom. The van der Waals surface area contributed by atoms with Gasteiger partial charge in [-0.05, 0) is 62.1 Å². The molecule has 5 nitrogen and oxygen atoms in total. The van der Waals surface area contributed by atoms with E-state index in [4.69, 9.17) is 11.6 Å². The minimum atomic E-state index is -0.168. The van der Waals surface area contributed by atoms with Gasteiger partial charge >= 0.3 is 0 Å². The van der Waals surface area contributed by atoms with Gasteiger partial charge in [0.1, 0.15) is 0 Å². The second-order valence-electron chi connectivity index (χ2n) is 6.60. The van der Waals surface area contributed by atoms with Crippen LogP contribution in [0, 0.1) is 19.8 Å². The summed E-state index contributed by atoms with van der Waals surface area (Å²) in [5, 5.41) is 9.54. The Morgan fingerprint density at radius 2 is 1.73 bits per heavy atom. The fourth-order valence-corrected chi connectivity index (χ4v) is 2.81. The van der Waals surface area contributed by atoms with Crippen molar-refractivity contribution in [3.05, 3.63) is 52.5 Å². The van der Waals surface area contributed by atoms with Crippen LogP contribution in [0.1, 0.15) is 24.0 Å². The quantitative estimate of drug-likeness (QED) is 0.706. The largest absolute Gasteiger partial charge is 0.376 e. The van der Waals surface area contributed by atoms with Crippen molar-refractivity contribution in [2.45, 2.75) is 26.7 Å². The average Bonchev–Trinajstić information content (AvgIpc) is 3.44. The van der Waals surface area contributed by atoms with Gasteiger partial charge in [-0.1, -0.05) is 23.7 Å². The molecule has 2 aromatic carbocycles. The molecule has 0 saturated heterocycles. The van der Waals surface area contributed by atoms with Crippen molar-refractivity contribution >= 4 is 40.5 Å². The molecule has 2 amide bonds. The summed E-state index contributed by atoms with van der Waals surface area (Å²) < 4.78 is 0. The maximum absolute atomic E-state index is 12.3. The summed E-state index contributed by atoms with van der Waals surface area (Å²) in [6.45, 7) is 3.96. The lowest BCUT2D eigenvalue weighted by Crippen LogP contribution is -2.23. The minimum absolute atomic E-state index is 0.0506. The highest BCUT2D eigenvalue weighted by molar-refractivity contribution is 6.30. The van der Waals surface area contributed by atoms with Gasteiger partial charge in [0, 0.05) is 28.0 Å². The molecule has 136 valence electrons. The van der Waals surface area contributed by atoms with E-state index in [2.05, 4.69) is 16.0 Å². The van der Waals surface area contributed by atoms with E-state index in [1.807, 2.05) is 44.2 Å². The second kappa shape index (κ2) is 7.79. The number of halogens is 1. The monoisotopic (exact) mass is 371 g/mol. The van der Waals surface area contributed by atoms with Crippen LogP contribution in [0.5, 0.6) is 0 Å². The average molecular weight is 372 g/mol. The number of carbonyl (C=O) groups excluding carboxylic acids is 2. The lowest BCUT2D eigenvalue weighted by Gasteiger charge is -2.14. The Morgan fingerprint density at radius 1 is 1.04 bits per heavy atom. The van der Waals surface area contributed by atoms with Gasteiger partial charge in [0.15, 0.2) is 0 Å². The van der Waals surface area contributed by atoms with E-state index in [9.17, 15) is 9.59 Å². The predicted molar refractivity (Wildman–Crippen MR) is 106 cm³/mol. The first-order valence-electron chi connectivity index (χ1n) is 8.64. The molecule has 0 spiro atoms. The molecule has 1 aliphatic rings. The van der Waals surface area contributed by atoms with E-state index < -0.39 is 0 Å². The molecule has 0 radical (unpaired) electrons. The molecule has 0 atom stereocenters. The fourth-order valence-electron chi connectivity index (χ4n) is 2.64. The normalized spacial score (nSPS) is 13.2. The van der Waals surface area contributed by atoms with E-state index >= 15 is 0 Å². The summed E-state index contributed by atoms with van der Waals surface area (Å²) in [5.41, 5.74) is 4.11. The molecule has 1 saturated carbocycles.